The third-order valence-corrected chi connectivity index (χ3v) is 3.82. The minimum atomic E-state index is -0.116. The lowest BCUT2D eigenvalue weighted by Crippen LogP contribution is -2.35. The lowest BCUT2D eigenvalue weighted by Gasteiger charge is -2.29. The van der Waals surface area contributed by atoms with Crippen molar-refractivity contribution >= 4 is 27.5 Å². The van der Waals surface area contributed by atoms with E-state index in [4.69, 9.17) is 11.6 Å². The highest BCUT2D eigenvalue weighted by atomic mass is 79.9. The molecule has 1 N–H and O–H groups in total. The minimum absolute atomic E-state index is 0.116. The van der Waals surface area contributed by atoms with Gasteiger partial charge in [0.2, 0.25) is 0 Å². The zero-order chi connectivity index (χ0) is 11.5. The van der Waals surface area contributed by atoms with Crippen LogP contribution in [-0.2, 0) is 6.54 Å². The molecule has 0 radical (unpaired) electrons. The molecule has 16 heavy (non-hydrogen) atoms. The van der Waals surface area contributed by atoms with Crippen molar-refractivity contribution in [1.29, 1.82) is 0 Å². The number of likely N-dealkylation sites (tertiary alicyclic amines) is 1. The van der Waals surface area contributed by atoms with Crippen molar-refractivity contribution in [2.45, 2.75) is 25.5 Å². The lowest BCUT2D eigenvalue weighted by molar-refractivity contribution is 0.0792. The Balaban J connectivity index is 2.00. The molecule has 1 saturated heterocycles. The molecular formula is C12H15BrClNO. The number of aliphatic hydroxyl groups excluding tert-OH is 1. The lowest BCUT2D eigenvalue weighted by atomic mass is 10.1. The van der Waals surface area contributed by atoms with Crippen molar-refractivity contribution in [2.75, 3.05) is 13.1 Å². The molecule has 1 heterocycles. The molecule has 0 bridgehead atoms. The number of benzene rings is 1. The average Bonchev–Trinajstić information content (AvgIpc) is 2.27. The summed E-state index contributed by atoms with van der Waals surface area (Å²) in [5, 5.41) is 10.2. The Morgan fingerprint density at radius 2 is 2.06 bits per heavy atom. The van der Waals surface area contributed by atoms with Crippen molar-refractivity contribution in [3.8, 4) is 0 Å². The van der Waals surface area contributed by atoms with Crippen molar-refractivity contribution in [1.82, 2.24) is 4.90 Å². The van der Waals surface area contributed by atoms with Gasteiger partial charge in [-0.2, -0.15) is 0 Å². The average molecular weight is 305 g/mol. The quantitative estimate of drug-likeness (QED) is 0.908. The third kappa shape index (κ3) is 3.20. The van der Waals surface area contributed by atoms with E-state index in [0.717, 1.165) is 47.5 Å². The molecular weight excluding hydrogens is 289 g/mol. The smallest absolute Gasteiger partial charge is 0.0564 e. The van der Waals surface area contributed by atoms with E-state index in [9.17, 15) is 5.11 Å². The number of aliphatic hydroxyl groups is 1. The van der Waals surface area contributed by atoms with E-state index in [0.29, 0.717) is 0 Å². The molecule has 0 saturated carbocycles. The van der Waals surface area contributed by atoms with Crippen molar-refractivity contribution in [3.05, 3.63) is 33.3 Å². The molecule has 4 heteroatoms. The van der Waals surface area contributed by atoms with Crippen LogP contribution in [0.15, 0.2) is 22.7 Å². The summed E-state index contributed by atoms with van der Waals surface area (Å²) < 4.78 is 1.06. The zero-order valence-electron chi connectivity index (χ0n) is 9.00. The van der Waals surface area contributed by atoms with E-state index in [-0.39, 0.29) is 6.10 Å². The number of hydrogen-bond donors (Lipinski definition) is 1. The molecule has 1 aromatic rings. The molecule has 0 atom stereocenters. The van der Waals surface area contributed by atoms with Crippen molar-refractivity contribution in [3.63, 3.8) is 0 Å². The fourth-order valence-electron chi connectivity index (χ4n) is 1.98. The molecule has 2 rings (SSSR count). The number of rotatable bonds is 2. The van der Waals surface area contributed by atoms with Gasteiger partial charge in [0.15, 0.2) is 0 Å². The summed E-state index contributed by atoms with van der Waals surface area (Å²) in [5.74, 6) is 0. The first-order valence-electron chi connectivity index (χ1n) is 5.49. The van der Waals surface area contributed by atoms with Crippen LogP contribution < -0.4 is 0 Å². The maximum atomic E-state index is 9.43. The number of piperidine rings is 1. The van der Waals surface area contributed by atoms with Crippen LogP contribution in [0.4, 0.5) is 0 Å². The van der Waals surface area contributed by atoms with Crippen LogP contribution in [0.3, 0.4) is 0 Å². The molecule has 1 aliphatic heterocycles. The van der Waals surface area contributed by atoms with Gasteiger partial charge in [-0.3, -0.25) is 4.90 Å². The molecule has 0 spiro atoms. The number of hydrogen-bond acceptors (Lipinski definition) is 2. The minimum Gasteiger partial charge on any atom is -0.393 e. The van der Waals surface area contributed by atoms with Gasteiger partial charge in [0.1, 0.15) is 0 Å². The van der Waals surface area contributed by atoms with Gasteiger partial charge in [-0.1, -0.05) is 27.5 Å². The summed E-state index contributed by atoms with van der Waals surface area (Å²) in [6.45, 7) is 2.76. The maximum absolute atomic E-state index is 9.43. The topological polar surface area (TPSA) is 23.5 Å². The first kappa shape index (κ1) is 12.4. The van der Waals surface area contributed by atoms with Crippen LogP contribution in [0.5, 0.6) is 0 Å². The van der Waals surface area contributed by atoms with Gasteiger partial charge >= 0.3 is 0 Å². The predicted molar refractivity (Wildman–Crippen MR) is 69.7 cm³/mol. The third-order valence-electron chi connectivity index (χ3n) is 2.96. The fourth-order valence-corrected chi connectivity index (χ4v) is 2.57. The number of halogens is 2. The predicted octanol–water partition coefficient (Wildman–Crippen LogP) is 3.06. The van der Waals surface area contributed by atoms with Gasteiger partial charge in [0.05, 0.1) is 6.10 Å². The first-order chi connectivity index (χ1) is 7.65. The first-order valence-corrected chi connectivity index (χ1v) is 6.66. The summed E-state index contributed by atoms with van der Waals surface area (Å²) in [6, 6.07) is 5.93. The second-order valence-corrected chi connectivity index (χ2v) is 5.57. The van der Waals surface area contributed by atoms with Crippen molar-refractivity contribution < 1.29 is 5.11 Å². The molecule has 2 nitrogen and oxygen atoms in total. The van der Waals surface area contributed by atoms with E-state index in [1.54, 1.807) is 0 Å². The molecule has 0 aliphatic carbocycles. The standard InChI is InChI=1S/C12H15BrClNO/c13-10-1-2-12(14)9(7-10)8-15-5-3-11(16)4-6-15/h1-2,7,11,16H,3-6,8H2. The van der Waals surface area contributed by atoms with E-state index in [1.165, 1.54) is 0 Å². The monoisotopic (exact) mass is 303 g/mol. The molecule has 88 valence electrons. The van der Waals surface area contributed by atoms with Gasteiger partial charge in [0.25, 0.3) is 0 Å². The Morgan fingerprint density at radius 1 is 1.38 bits per heavy atom. The van der Waals surface area contributed by atoms with Crippen LogP contribution in [0.1, 0.15) is 18.4 Å². The van der Waals surface area contributed by atoms with Gasteiger partial charge in [-0.05, 0) is 36.6 Å². The highest BCUT2D eigenvalue weighted by Gasteiger charge is 2.17. The van der Waals surface area contributed by atoms with Crippen LogP contribution in [0.2, 0.25) is 5.02 Å². The Kier molecular flexibility index (Phi) is 4.25. The highest BCUT2D eigenvalue weighted by molar-refractivity contribution is 9.10. The summed E-state index contributed by atoms with van der Waals surface area (Å²) in [5.41, 5.74) is 1.15. The molecule has 0 unspecified atom stereocenters. The highest BCUT2D eigenvalue weighted by Crippen LogP contribution is 2.23. The molecule has 1 aliphatic rings. The van der Waals surface area contributed by atoms with Crippen LogP contribution in [0.25, 0.3) is 0 Å². The molecule has 1 fully saturated rings. The van der Waals surface area contributed by atoms with Gasteiger partial charge in [0, 0.05) is 29.1 Å². The van der Waals surface area contributed by atoms with E-state index < -0.39 is 0 Å². The zero-order valence-corrected chi connectivity index (χ0v) is 11.3. The molecule has 0 amide bonds. The van der Waals surface area contributed by atoms with E-state index in [2.05, 4.69) is 26.9 Å². The van der Waals surface area contributed by atoms with Gasteiger partial charge < -0.3 is 5.11 Å². The fraction of sp³-hybridized carbons (Fsp3) is 0.500. The Bertz CT molecular complexity index is 364. The van der Waals surface area contributed by atoms with Gasteiger partial charge in [-0.15, -0.1) is 0 Å². The van der Waals surface area contributed by atoms with Gasteiger partial charge in [-0.25, -0.2) is 0 Å². The van der Waals surface area contributed by atoms with Crippen molar-refractivity contribution in [2.24, 2.45) is 0 Å². The summed E-state index contributed by atoms with van der Waals surface area (Å²) in [4.78, 5) is 2.33. The van der Waals surface area contributed by atoms with Crippen LogP contribution in [-0.4, -0.2) is 29.2 Å². The SMILES string of the molecule is OC1CCN(Cc2cc(Br)ccc2Cl)CC1. The summed E-state index contributed by atoms with van der Waals surface area (Å²) in [6.07, 6.45) is 1.62. The Morgan fingerprint density at radius 3 is 2.75 bits per heavy atom. The van der Waals surface area contributed by atoms with Crippen LogP contribution >= 0.6 is 27.5 Å². The largest absolute Gasteiger partial charge is 0.393 e. The normalized spacial score (nSPS) is 18.9. The molecule has 0 aromatic heterocycles. The Hall–Kier alpha value is -0.0900. The maximum Gasteiger partial charge on any atom is 0.0564 e. The second-order valence-electron chi connectivity index (χ2n) is 4.24. The number of nitrogens with zero attached hydrogens (tertiary/aromatic N) is 1. The second kappa shape index (κ2) is 5.50. The summed E-state index contributed by atoms with van der Waals surface area (Å²) in [7, 11) is 0. The Labute approximate surface area is 109 Å². The van der Waals surface area contributed by atoms with E-state index >= 15 is 0 Å². The molecule has 1 aromatic carbocycles. The summed E-state index contributed by atoms with van der Waals surface area (Å²) >= 11 is 9.60. The van der Waals surface area contributed by atoms with Crippen LogP contribution in [0, 0.1) is 0 Å². The van der Waals surface area contributed by atoms with E-state index in [1.807, 2.05) is 12.1 Å².